The lowest BCUT2D eigenvalue weighted by molar-refractivity contribution is -0.162. The van der Waals surface area contributed by atoms with Gasteiger partial charge in [0.1, 0.15) is 0 Å². The van der Waals surface area contributed by atoms with Crippen molar-refractivity contribution in [1.29, 1.82) is 0 Å². The molecular weight excluding hydrogens is 562 g/mol. The highest BCUT2D eigenvalue weighted by molar-refractivity contribution is 9.10. The van der Waals surface area contributed by atoms with E-state index in [0.29, 0.717) is 24.3 Å². The Bertz CT molecular complexity index is 960. The van der Waals surface area contributed by atoms with Crippen molar-refractivity contribution in [2.75, 3.05) is 19.8 Å². The molecule has 7 heteroatoms. The van der Waals surface area contributed by atoms with Gasteiger partial charge in [-0.05, 0) is 67.5 Å². The zero-order valence-electron chi connectivity index (χ0n) is 19.1. The van der Waals surface area contributed by atoms with Crippen LogP contribution in [0.4, 0.5) is 0 Å². The quantitative estimate of drug-likeness (QED) is 0.231. The Morgan fingerprint density at radius 1 is 0.794 bits per heavy atom. The van der Waals surface area contributed by atoms with Crippen molar-refractivity contribution in [2.45, 2.75) is 51.2 Å². The minimum Gasteiger partial charge on any atom is -0.353 e. The molecule has 4 rings (SSSR count). The zero-order valence-corrected chi connectivity index (χ0v) is 22.3. The number of nitrogens with zero attached hydrogens (tertiary/aromatic N) is 1. The molecule has 0 bridgehead atoms. The molecule has 1 fully saturated rings. The highest BCUT2D eigenvalue weighted by Gasteiger charge is 2.39. The molecule has 0 radical (unpaired) electrons. The van der Waals surface area contributed by atoms with Gasteiger partial charge in [-0.3, -0.25) is 14.5 Å². The number of unbranched alkanes of at least 4 members (excludes halogenated alkanes) is 3. The predicted octanol–water partition coefficient (Wildman–Crippen LogP) is 6.59. The largest absolute Gasteiger partial charge is 0.353 e. The second kappa shape index (κ2) is 12.2. The fourth-order valence-electron chi connectivity index (χ4n) is 4.33. The maximum atomic E-state index is 13.4. The molecule has 180 valence electrons. The van der Waals surface area contributed by atoms with Crippen LogP contribution in [-0.4, -0.2) is 42.8 Å². The van der Waals surface area contributed by atoms with E-state index in [2.05, 4.69) is 31.9 Å². The lowest BCUT2D eigenvalue weighted by atomic mass is 9.96. The summed E-state index contributed by atoms with van der Waals surface area (Å²) in [5.41, 5.74) is 2.45. The fraction of sp³-hybridized carbons (Fsp3) is 0.407. The maximum Gasteiger partial charge on any atom is 0.262 e. The van der Waals surface area contributed by atoms with Crippen molar-refractivity contribution in [3.05, 3.63) is 68.6 Å². The van der Waals surface area contributed by atoms with Crippen molar-refractivity contribution in [1.82, 2.24) is 4.90 Å². The minimum absolute atomic E-state index is 0.0475. The molecule has 2 aliphatic rings. The second-order valence-corrected chi connectivity index (χ2v) is 10.4. The van der Waals surface area contributed by atoms with Gasteiger partial charge < -0.3 is 9.47 Å². The van der Waals surface area contributed by atoms with Crippen LogP contribution in [0.25, 0.3) is 11.1 Å². The highest BCUT2D eigenvalue weighted by atomic mass is 79.9. The van der Waals surface area contributed by atoms with E-state index in [1.54, 1.807) is 0 Å². The van der Waals surface area contributed by atoms with Crippen LogP contribution in [-0.2, 0) is 19.1 Å². The Morgan fingerprint density at radius 3 is 1.88 bits per heavy atom. The summed E-state index contributed by atoms with van der Waals surface area (Å²) in [7, 11) is 0. The first-order valence-electron chi connectivity index (χ1n) is 11.9. The van der Waals surface area contributed by atoms with Crippen molar-refractivity contribution in [2.24, 2.45) is 0 Å². The molecule has 0 saturated carbocycles. The van der Waals surface area contributed by atoms with Gasteiger partial charge in [0.05, 0.1) is 11.1 Å². The molecule has 1 unspecified atom stereocenters. The average molecular weight is 591 g/mol. The van der Waals surface area contributed by atoms with Crippen LogP contribution >= 0.6 is 31.9 Å². The third kappa shape index (κ3) is 6.25. The van der Waals surface area contributed by atoms with Gasteiger partial charge in [-0.15, -0.1) is 0 Å². The topological polar surface area (TPSA) is 55.8 Å². The van der Waals surface area contributed by atoms with Crippen LogP contribution in [0.2, 0.25) is 0 Å². The van der Waals surface area contributed by atoms with E-state index in [0.717, 1.165) is 65.2 Å². The van der Waals surface area contributed by atoms with Crippen LogP contribution < -0.4 is 0 Å². The van der Waals surface area contributed by atoms with E-state index in [1.165, 1.54) is 11.3 Å². The number of benzene rings is 2. The normalized spacial score (nSPS) is 18.8. The van der Waals surface area contributed by atoms with Gasteiger partial charge in [0, 0.05) is 28.7 Å². The summed E-state index contributed by atoms with van der Waals surface area (Å²) < 4.78 is 13.2. The summed E-state index contributed by atoms with van der Waals surface area (Å²) in [5.74, 6) is -0.439. The summed E-state index contributed by atoms with van der Waals surface area (Å²) >= 11 is 6.89. The molecule has 2 aromatic rings. The molecule has 0 spiro atoms. The predicted molar refractivity (Wildman–Crippen MR) is 140 cm³/mol. The van der Waals surface area contributed by atoms with Crippen molar-refractivity contribution in [3.63, 3.8) is 0 Å². The van der Waals surface area contributed by atoms with Crippen LogP contribution in [0.3, 0.4) is 0 Å². The molecule has 2 aliphatic heterocycles. The molecule has 5 nitrogen and oxygen atoms in total. The summed E-state index contributed by atoms with van der Waals surface area (Å²) in [6, 6.07) is 15.1. The first-order valence-corrected chi connectivity index (χ1v) is 13.5. The summed E-state index contributed by atoms with van der Waals surface area (Å²) in [4.78, 5) is 28.2. The monoisotopic (exact) mass is 589 g/mol. The Balaban J connectivity index is 1.36. The lowest BCUT2D eigenvalue weighted by Gasteiger charge is -2.22. The number of carbonyl (C=O) groups is 2. The molecule has 2 aromatic carbocycles. The Labute approximate surface area is 217 Å². The van der Waals surface area contributed by atoms with Gasteiger partial charge in [0.15, 0.2) is 6.29 Å². The van der Waals surface area contributed by atoms with Gasteiger partial charge >= 0.3 is 0 Å². The van der Waals surface area contributed by atoms with Gasteiger partial charge in [0.25, 0.3) is 11.8 Å². The molecule has 2 amide bonds. The number of imide groups is 1. The summed E-state index contributed by atoms with van der Waals surface area (Å²) in [6.45, 7) is 1.90. The third-order valence-corrected chi connectivity index (χ3v) is 7.21. The van der Waals surface area contributed by atoms with E-state index in [1.807, 2.05) is 48.5 Å². The number of ether oxygens (including phenoxy) is 2. The second-order valence-electron chi connectivity index (χ2n) is 8.61. The van der Waals surface area contributed by atoms with E-state index in [-0.39, 0.29) is 18.1 Å². The van der Waals surface area contributed by atoms with Crippen molar-refractivity contribution < 1.29 is 19.1 Å². The first kappa shape index (κ1) is 25.3. The highest BCUT2D eigenvalue weighted by Crippen LogP contribution is 2.36. The van der Waals surface area contributed by atoms with Crippen LogP contribution in [0.1, 0.15) is 56.1 Å². The zero-order chi connectivity index (χ0) is 23.9. The third-order valence-electron chi connectivity index (χ3n) is 6.15. The van der Waals surface area contributed by atoms with Crippen molar-refractivity contribution in [3.8, 4) is 0 Å². The molecule has 34 heavy (non-hydrogen) atoms. The number of carbonyl (C=O) groups excluding carboxylic acids is 2. The van der Waals surface area contributed by atoms with Gasteiger partial charge in [-0.2, -0.15) is 0 Å². The Kier molecular flexibility index (Phi) is 9.11. The SMILES string of the molecule is O=C1C(c2ccc(Br)cc2)=C(c2ccc(Br)cc2)C(=O)N1CCCCCCOC1CCCCO1. The molecule has 1 atom stereocenters. The van der Waals surface area contributed by atoms with E-state index in [9.17, 15) is 9.59 Å². The Morgan fingerprint density at radius 2 is 1.35 bits per heavy atom. The number of hydrogen-bond acceptors (Lipinski definition) is 4. The van der Waals surface area contributed by atoms with E-state index in [4.69, 9.17) is 9.47 Å². The maximum absolute atomic E-state index is 13.4. The standard InChI is InChI=1S/C27H29Br2NO4/c28-21-12-8-19(9-13-21)24-25(20-10-14-22(29)15-11-20)27(32)30(26(24)31)16-4-1-2-5-17-33-23-7-3-6-18-34-23/h8-15,23H,1-7,16-18H2. The smallest absolute Gasteiger partial charge is 0.262 e. The van der Waals surface area contributed by atoms with E-state index < -0.39 is 0 Å². The van der Waals surface area contributed by atoms with Crippen LogP contribution in [0.5, 0.6) is 0 Å². The molecule has 1 saturated heterocycles. The summed E-state index contributed by atoms with van der Waals surface area (Å²) in [5, 5.41) is 0. The van der Waals surface area contributed by atoms with Gasteiger partial charge in [0.2, 0.25) is 0 Å². The fourth-order valence-corrected chi connectivity index (χ4v) is 4.86. The van der Waals surface area contributed by atoms with Gasteiger partial charge in [-0.25, -0.2) is 0 Å². The molecular formula is C27H29Br2NO4. The van der Waals surface area contributed by atoms with Gasteiger partial charge in [-0.1, -0.05) is 69.0 Å². The number of rotatable bonds is 10. The molecule has 0 aromatic heterocycles. The Hall–Kier alpha value is -1.80. The number of amides is 2. The van der Waals surface area contributed by atoms with Crippen molar-refractivity contribution >= 4 is 54.8 Å². The van der Waals surface area contributed by atoms with E-state index >= 15 is 0 Å². The van der Waals surface area contributed by atoms with Crippen LogP contribution in [0, 0.1) is 0 Å². The van der Waals surface area contributed by atoms with Crippen LogP contribution in [0.15, 0.2) is 57.5 Å². The molecule has 0 aliphatic carbocycles. The number of hydrogen-bond donors (Lipinski definition) is 0. The average Bonchev–Trinajstić information content (AvgIpc) is 3.10. The minimum atomic E-state index is -0.219. The molecule has 2 heterocycles. The summed E-state index contributed by atoms with van der Waals surface area (Å²) in [6.07, 6.45) is 6.88. The number of halogens is 2. The lowest BCUT2D eigenvalue weighted by Crippen LogP contribution is -2.32. The molecule has 0 N–H and O–H groups in total. The first-order chi connectivity index (χ1) is 16.5.